The molecule has 0 aromatic heterocycles. The Kier molecular flexibility index (Phi) is 4.19. The van der Waals surface area contributed by atoms with Gasteiger partial charge in [0, 0.05) is 11.6 Å². The molecule has 0 saturated heterocycles. The largest absolute Gasteiger partial charge is 0.481 e. The number of hydrogen-bond donors (Lipinski definition) is 2. The summed E-state index contributed by atoms with van der Waals surface area (Å²) in [4.78, 5) is 22.8. The van der Waals surface area contributed by atoms with Crippen LogP contribution in [0.15, 0.2) is 22.7 Å². The molecular formula is C13H13BrFNO3. The Morgan fingerprint density at radius 3 is 2.58 bits per heavy atom. The number of aliphatic carboxylic acids is 1. The third kappa shape index (κ3) is 3.32. The van der Waals surface area contributed by atoms with Gasteiger partial charge in [-0.1, -0.05) is 0 Å². The SMILES string of the molecule is O=C(O)[C@H]1CC[C@@H](C(=O)Nc2ccc(Br)c(F)c2)C1. The van der Waals surface area contributed by atoms with Gasteiger partial charge in [0.1, 0.15) is 5.82 Å². The van der Waals surface area contributed by atoms with Crippen LogP contribution in [0.25, 0.3) is 0 Å². The van der Waals surface area contributed by atoms with Crippen LogP contribution in [0.4, 0.5) is 10.1 Å². The fourth-order valence-corrected chi connectivity index (χ4v) is 2.51. The van der Waals surface area contributed by atoms with Crippen molar-refractivity contribution in [2.24, 2.45) is 11.8 Å². The zero-order valence-corrected chi connectivity index (χ0v) is 11.6. The topological polar surface area (TPSA) is 66.4 Å². The smallest absolute Gasteiger partial charge is 0.306 e. The molecule has 1 saturated carbocycles. The summed E-state index contributed by atoms with van der Waals surface area (Å²) in [5.41, 5.74) is 0.379. The molecule has 2 rings (SSSR count). The van der Waals surface area contributed by atoms with Crippen molar-refractivity contribution in [2.75, 3.05) is 5.32 Å². The molecule has 0 bridgehead atoms. The molecule has 1 aliphatic rings. The van der Waals surface area contributed by atoms with Crippen LogP contribution >= 0.6 is 15.9 Å². The molecule has 1 aromatic rings. The second-order valence-electron chi connectivity index (χ2n) is 4.66. The zero-order chi connectivity index (χ0) is 14.0. The Hall–Kier alpha value is -1.43. The van der Waals surface area contributed by atoms with Crippen molar-refractivity contribution in [1.29, 1.82) is 0 Å². The molecule has 1 aliphatic carbocycles. The molecule has 0 heterocycles. The molecule has 2 N–H and O–H groups in total. The number of hydrogen-bond acceptors (Lipinski definition) is 2. The van der Waals surface area contributed by atoms with Gasteiger partial charge in [-0.25, -0.2) is 4.39 Å². The quantitative estimate of drug-likeness (QED) is 0.895. The maximum absolute atomic E-state index is 13.3. The molecule has 19 heavy (non-hydrogen) atoms. The Balaban J connectivity index is 1.98. The Labute approximate surface area is 118 Å². The van der Waals surface area contributed by atoms with Gasteiger partial charge in [-0.05, 0) is 53.4 Å². The van der Waals surface area contributed by atoms with E-state index in [0.717, 1.165) is 0 Å². The Bertz CT molecular complexity index is 521. The highest BCUT2D eigenvalue weighted by Gasteiger charge is 2.33. The highest BCUT2D eigenvalue weighted by Crippen LogP contribution is 2.32. The molecular weight excluding hydrogens is 317 g/mol. The summed E-state index contributed by atoms with van der Waals surface area (Å²) in [6.45, 7) is 0. The van der Waals surface area contributed by atoms with Gasteiger partial charge in [0.25, 0.3) is 0 Å². The first-order chi connectivity index (χ1) is 8.97. The average Bonchev–Trinajstić information content (AvgIpc) is 2.83. The molecule has 4 nitrogen and oxygen atoms in total. The predicted molar refractivity (Wildman–Crippen MR) is 71.2 cm³/mol. The van der Waals surface area contributed by atoms with Crippen LogP contribution in [0.5, 0.6) is 0 Å². The molecule has 102 valence electrons. The number of halogens is 2. The molecule has 0 unspecified atom stereocenters. The van der Waals surface area contributed by atoms with Crippen molar-refractivity contribution in [2.45, 2.75) is 19.3 Å². The van der Waals surface area contributed by atoms with Gasteiger partial charge in [0.05, 0.1) is 10.4 Å². The minimum Gasteiger partial charge on any atom is -0.481 e. The van der Waals surface area contributed by atoms with E-state index in [1.807, 2.05) is 0 Å². The lowest BCUT2D eigenvalue weighted by Crippen LogP contribution is -2.21. The number of rotatable bonds is 3. The van der Waals surface area contributed by atoms with Gasteiger partial charge >= 0.3 is 5.97 Å². The maximum atomic E-state index is 13.3. The lowest BCUT2D eigenvalue weighted by atomic mass is 10.0. The van der Waals surface area contributed by atoms with Gasteiger partial charge in [0.2, 0.25) is 5.91 Å². The second kappa shape index (κ2) is 5.69. The number of amides is 1. The van der Waals surface area contributed by atoms with Gasteiger partial charge in [-0.3, -0.25) is 9.59 Å². The van der Waals surface area contributed by atoms with Crippen LogP contribution in [0.3, 0.4) is 0 Å². The van der Waals surface area contributed by atoms with E-state index in [1.165, 1.54) is 12.1 Å². The summed E-state index contributed by atoms with van der Waals surface area (Å²) in [6.07, 6.45) is 1.42. The van der Waals surface area contributed by atoms with E-state index in [0.29, 0.717) is 29.4 Å². The number of benzene rings is 1. The van der Waals surface area contributed by atoms with Crippen molar-refractivity contribution in [3.8, 4) is 0 Å². The van der Waals surface area contributed by atoms with Crippen molar-refractivity contribution in [1.82, 2.24) is 0 Å². The maximum Gasteiger partial charge on any atom is 0.306 e. The highest BCUT2D eigenvalue weighted by molar-refractivity contribution is 9.10. The van der Waals surface area contributed by atoms with Crippen LogP contribution in [-0.2, 0) is 9.59 Å². The van der Waals surface area contributed by atoms with Crippen molar-refractivity contribution >= 4 is 33.5 Å². The van der Waals surface area contributed by atoms with E-state index in [4.69, 9.17) is 5.11 Å². The molecule has 1 amide bonds. The van der Waals surface area contributed by atoms with Crippen LogP contribution in [0.1, 0.15) is 19.3 Å². The number of anilines is 1. The summed E-state index contributed by atoms with van der Waals surface area (Å²) in [6, 6.07) is 4.33. The Morgan fingerprint density at radius 1 is 1.32 bits per heavy atom. The number of carbonyl (C=O) groups excluding carboxylic acids is 1. The van der Waals surface area contributed by atoms with E-state index in [1.54, 1.807) is 6.07 Å². The molecule has 0 aliphatic heterocycles. The van der Waals surface area contributed by atoms with E-state index < -0.39 is 17.7 Å². The third-order valence-electron chi connectivity index (χ3n) is 3.34. The van der Waals surface area contributed by atoms with Crippen molar-refractivity contribution < 1.29 is 19.1 Å². The Morgan fingerprint density at radius 2 is 2.00 bits per heavy atom. The van der Waals surface area contributed by atoms with E-state index in [2.05, 4.69) is 21.2 Å². The first kappa shape index (κ1) is 14.0. The van der Waals surface area contributed by atoms with Crippen LogP contribution in [0, 0.1) is 17.7 Å². The number of carbonyl (C=O) groups is 2. The molecule has 6 heteroatoms. The van der Waals surface area contributed by atoms with Crippen molar-refractivity contribution in [3.63, 3.8) is 0 Å². The molecule has 2 atom stereocenters. The zero-order valence-electron chi connectivity index (χ0n) is 10.0. The third-order valence-corrected chi connectivity index (χ3v) is 3.98. The lowest BCUT2D eigenvalue weighted by Gasteiger charge is -2.11. The summed E-state index contributed by atoms with van der Waals surface area (Å²) in [5, 5.41) is 11.5. The number of nitrogens with one attached hydrogen (secondary N) is 1. The van der Waals surface area contributed by atoms with Crippen molar-refractivity contribution in [3.05, 3.63) is 28.5 Å². The second-order valence-corrected chi connectivity index (χ2v) is 5.52. The molecule has 0 radical (unpaired) electrons. The first-order valence-corrected chi connectivity index (χ1v) is 6.75. The van der Waals surface area contributed by atoms with E-state index >= 15 is 0 Å². The van der Waals surface area contributed by atoms with Crippen LogP contribution in [0.2, 0.25) is 0 Å². The van der Waals surface area contributed by atoms with E-state index in [-0.39, 0.29) is 11.8 Å². The summed E-state index contributed by atoms with van der Waals surface area (Å²) >= 11 is 3.03. The highest BCUT2D eigenvalue weighted by atomic mass is 79.9. The monoisotopic (exact) mass is 329 g/mol. The normalized spacial score (nSPS) is 22.2. The average molecular weight is 330 g/mol. The minimum absolute atomic E-state index is 0.245. The molecule has 1 aromatic carbocycles. The molecule has 1 fully saturated rings. The minimum atomic E-state index is -0.856. The first-order valence-electron chi connectivity index (χ1n) is 5.96. The van der Waals surface area contributed by atoms with E-state index in [9.17, 15) is 14.0 Å². The fraction of sp³-hybridized carbons (Fsp3) is 0.385. The van der Waals surface area contributed by atoms with Gasteiger partial charge in [-0.2, -0.15) is 0 Å². The lowest BCUT2D eigenvalue weighted by molar-refractivity contribution is -0.141. The van der Waals surface area contributed by atoms with Gasteiger partial charge in [0.15, 0.2) is 0 Å². The summed E-state index contributed by atoms with van der Waals surface area (Å²) < 4.78 is 13.6. The van der Waals surface area contributed by atoms with Crippen LogP contribution < -0.4 is 5.32 Å². The number of carboxylic acids is 1. The summed E-state index contributed by atoms with van der Waals surface area (Å²) in [7, 11) is 0. The number of carboxylic acid groups (broad SMARTS) is 1. The van der Waals surface area contributed by atoms with Crippen LogP contribution in [-0.4, -0.2) is 17.0 Å². The predicted octanol–water partition coefficient (Wildman–Crippen LogP) is 3.03. The fourth-order valence-electron chi connectivity index (χ4n) is 2.26. The van der Waals surface area contributed by atoms with Gasteiger partial charge < -0.3 is 10.4 Å². The summed E-state index contributed by atoms with van der Waals surface area (Å²) in [5.74, 6) is -2.31. The molecule has 0 spiro atoms. The van der Waals surface area contributed by atoms with Gasteiger partial charge in [-0.15, -0.1) is 0 Å². The standard InChI is InChI=1S/C13H13BrFNO3/c14-10-4-3-9(6-11(10)15)16-12(17)7-1-2-8(5-7)13(18)19/h3-4,6-8H,1-2,5H2,(H,16,17)(H,18,19)/t7-,8+/m1/s1.